The van der Waals surface area contributed by atoms with Crippen LogP contribution >= 0.6 is 0 Å². The first-order valence-corrected chi connectivity index (χ1v) is 2.79. The van der Waals surface area contributed by atoms with Crippen LogP contribution in [-0.4, -0.2) is 69.5 Å². The van der Waals surface area contributed by atoms with Gasteiger partial charge in [-0.3, -0.25) is 0 Å². The van der Waals surface area contributed by atoms with E-state index in [9.17, 15) is 5.21 Å². The predicted octanol–water partition coefficient (Wildman–Crippen LogP) is -0.815. The molecule has 1 atom stereocenters. The standard InChI is InChI=1S/C4H11N3O3.Na/c1-4(3-8)6(2)7(10)5-9;/h4,8-9H,3H2,1-2H3;/b7-5-;/t4-;/m0./s1. The molecule has 0 spiro atoms. The fourth-order valence-electron chi connectivity index (χ4n) is 0.350. The Balaban J connectivity index is 0. The minimum absolute atomic E-state index is 0. The van der Waals surface area contributed by atoms with Crippen molar-refractivity contribution in [1.82, 2.24) is 5.01 Å². The second kappa shape index (κ2) is 6.66. The van der Waals surface area contributed by atoms with Gasteiger partial charge in [-0.2, -0.15) is 0 Å². The molecule has 0 aromatic heterocycles. The van der Waals surface area contributed by atoms with Crippen LogP contribution in [0, 0.1) is 5.21 Å². The van der Waals surface area contributed by atoms with Gasteiger partial charge in [-0.25, -0.2) is 0 Å². The Bertz CT molecular complexity index is 132. The van der Waals surface area contributed by atoms with Crippen LogP contribution in [0.1, 0.15) is 6.92 Å². The molecule has 0 aromatic carbocycles. The fourth-order valence-corrected chi connectivity index (χ4v) is 0.350. The summed E-state index contributed by atoms with van der Waals surface area (Å²) in [7, 11) is 1.41. The molecule has 0 bridgehead atoms. The summed E-state index contributed by atoms with van der Waals surface area (Å²) in [5.41, 5.74) is 0. The van der Waals surface area contributed by atoms with Crippen molar-refractivity contribution in [2.45, 2.75) is 13.0 Å². The van der Waals surface area contributed by atoms with Crippen LogP contribution < -0.4 is 0 Å². The maximum atomic E-state index is 10.4. The first-order chi connectivity index (χ1) is 4.63. The van der Waals surface area contributed by atoms with Gasteiger partial charge in [0.25, 0.3) is 0 Å². The maximum absolute atomic E-state index is 10.4. The number of hydrogen-bond donors (Lipinski definition) is 2. The number of rotatable bonds is 3. The molecular weight excluding hydrogens is 161 g/mol. The van der Waals surface area contributed by atoms with E-state index in [-0.39, 0.29) is 47.2 Å². The Kier molecular flexibility index (Phi) is 8.20. The van der Waals surface area contributed by atoms with Crippen LogP contribution in [0.3, 0.4) is 0 Å². The van der Waals surface area contributed by atoms with Crippen molar-refractivity contribution in [2.24, 2.45) is 5.28 Å². The first kappa shape index (κ1) is 13.5. The zero-order chi connectivity index (χ0) is 8.15. The molecule has 0 aliphatic heterocycles. The Morgan fingerprint density at radius 2 is 2.18 bits per heavy atom. The third kappa shape index (κ3) is 4.41. The van der Waals surface area contributed by atoms with Gasteiger partial charge in [0.15, 0.2) is 0 Å². The number of aliphatic hydroxyl groups is 1. The van der Waals surface area contributed by atoms with E-state index in [1.807, 2.05) is 0 Å². The topological polar surface area (TPSA) is 82.1 Å². The average molecular weight is 172 g/mol. The molecule has 2 N–H and O–H groups in total. The van der Waals surface area contributed by atoms with Crippen molar-refractivity contribution in [3.63, 3.8) is 0 Å². The zero-order valence-corrected chi connectivity index (χ0v) is 8.93. The summed E-state index contributed by atoms with van der Waals surface area (Å²) in [6.07, 6.45) is 0. The van der Waals surface area contributed by atoms with Crippen molar-refractivity contribution in [3.8, 4) is 0 Å². The summed E-state index contributed by atoms with van der Waals surface area (Å²) in [4.78, 5) is 0.000880. The summed E-state index contributed by atoms with van der Waals surface area (Å²) in [6.45, 7) is 1.46. The van der Waals surface area contributed by atoms with E-state index in [4.69, 9.17) is 10.3 Å². The molecule has 0 amide bonds. The molecule has 1 radical (unpaired) electrons. The molecule has 0 saturated heterocycles. The van der Waals surface area contributed by atoms with Gasteiger partial charge in [0, 0.05) is 29.6 Å². The molecule has 0 aliphatic rings. The van der Waals surface area contributed by atoms with Gasteiger partial charge >= 0.3 is 0 Å². The van der Waals surface area contributed by atoms with Crippen molar-refractivity contribution in [2.75, 3.05) is 13.7 Å². The van der Waals surface area contributed by atoms with E-state index in [0.717, 1.165) is 5.01 Å². The third-order valence-electron chi connectivity index (χ3n) is 1.25. The van der Waals surface area contributed by atoms with Crippen LogP contribution in [0.2, 0.25) is 0 Å². The summed E-state index contributed by atoms with van der Waals surface area (Å²) in [5, 5.41) is 30.3. The van der Waals surface area contributed by atoms with Crippen molar-refractivity contribution in [1.29, 1.82) is 0 Å². The van der Waals surface area contributed by atoms with Crippen LogP contribution in [0.4, 0.5) is 0 Å². The number of aliphatic hydroxyl groups excluding tert-OH is 1. The largest absolute Gasteiger partial charge is 0.569 e. The van der Waals surface area contributed by atoms with E-state index in [1.54, 1.807) is 6.92 Å². The molecule has 0 saturated carbocycles. The molecule has 6 nitrogen and oxygen atoms in total. The van der Waals surface area contributed by atoms with Crippen LogP contribution in [-0.2, 0) is 0 Å². The van der Waals surface area contributed by atoms with Crippen LogP contribution in [0.25, 0.3) is 0 Å². The smallest absolute Gasteiger partial charge is 0.230 e. The van der Waals surface area contributed by atoms with Gasteiger partial charge < -0.3 is 15.5 Å². The summed E-state index contributed by atoms with van der Waals surface area (Å²) >= 11 is 0. The van der Waals surface area contributed by atoms with Crippen LogP contribution in [0.15, 0.2) is 5.28 Å². The Morgan fingerprint density at radius 3 is 2.45 bits per heavy atom. The molecule has 0 aromatic rings. The van der Waals surface area contributed by atoms with Gasteiger partial charge in [-0.05, 0) is 6.92 Å². The second-order valence-electron chi connectivity index (χ2n) is 1.95. The van der Waals surface area contributed by atoms with E-state index >= 15 is 0 Å². The van der Waals surface area contributed by atoms with E-state index in [1.165, 1.54) is 7.05 Å². The fraction of sp³-hybridized carbons (Fsp3) is 1.00. The summed E-state index contributed by atoms with van der Waals surface area (Å²) in [5.74, 6) is 0. The number of nitrogens with zero attached hydrogens (tertiary/aromatic N) is 3. The quantitative estimate of drug-likeness (QED) is 0.252. The molecule has 0 unspecified atom stereocenters. The Labute approximate surface area is 86.9 Å². The van der Waals surface area contributed by atoms with E-state index < -0.39 is 0 Å². The molecule has 0 rings (SSSR count). The van der Waals surface area contributed by atoms with E-state index in [2.05, 4.69) is 5.28 Å². The molecule has 0 aliphatic carbocycles. The van der Waals surface area contributed by atoms with Crippen LogP contribution in [0.5, 0.6) is 0 Å². The molecule has 0 heterocycles. The van der Waals surface area contributed by atoms with Gasteiger partial charge in [-0.1, -0.05) is 0 Å². The summed E-state index contributed by atoms with van der Waals surface area (Å²) < 4.78 is 0. The SMILES string of the molecule is C[C@@H](CO)N(C)/[N+]([O-])=N/O.[Na]. The Hall–Kier alpha value is -0.0400. The minimum Gasteiger partial charge on any atom is -0.569 e. The first-order valence-electron chi connectivity index (χ1n) is 2.79. The van der Waals surface area contributed by atoms with Crippen molar-refractivity contribution in [3.05, 3.63) is 5.21 Å². The second-order valence-corrected chi connectivity index (χ2v) is 1.95. The summed E-state index contributed by atoms with van der Waals surface area (Å²) in [6, 6.07) is -0.353. The molecular formula is C4H11N3NaO3. The zero-order valence-electron chi connectivity index (χ0n) is 6.93. The maximum Gasteiger partial charge on any atom is 0.230 e. The molecule has 0 fully saturated rings. The van der Waals surface area contributed by atoms with Crippen molar-refractivity contribution >= 4 is 29.6 Å². The predicted molar refractivity (Wildman–Crippen MR) is 37.9 cm³/mol. The normalized spacial score (nSPS) is 13.5. The van der Waals surface area contributed by atoms with Gasteiger partial charge in [-0.15, -0.1) is 5.01 Å². The average Bonchev–Trinajstić information content (AvgIpc) is 2.00. The minimum atomic E-state index is -0.353. The molecule has 61 valence electrons. The monoisotopic (exact) mass is 172 g/mol. The third-order valence-corrected chi connectivity index (χ3v) is 1.25. The van der Waals surface area contributed by atoms with Gasteiger partial charge in [0.05, 0.1) is 18.6 Å². The van der Waals surface area contributed by atoms with Crippen molar-refractivity contribution < 1.29 is 15.3 Å². The van der Waals surface area contributed by atoms with Gasteiger partial charge in [0.2, 0.25) is 5.28 Å². The molecule has 11 heavy (non-hydrogen) atoms. The number of likely N-dealkylation sites (N-methyl/N-ethyl adjacent to an activating group) is 1. The number of hydrazine groups is 1. The van der Waals surface area contributed by atoms with E-state index in [0.29, 0.717) is 0 Å². The van der Waals surface area contributed by atoms with Gasteiger partial charge in [0.1, 0.15) is 6.04 Å². The Morgan fingerprint density at radius 1 is 1.73 bits per heavy atom. The molecule has 7 heteroatoms. The number of hydrogen-bond acceptors (Lipinski definition) is 3.